The van der Waals surface area contributed by atoms with Crippen LogP contribution in [0.3, 0.4) is 0 Å². The van der Waals surface area contributed by atoms with E-state index in [1.54, 1.807) is 11.1 Å². The summed E-state index contributed by atoms with van der Waals surface area (Å²) < 4.78 is 1.72. The molecule has 7 nitrogen and oxygen atoms in total. The maximum Gasteiger partial charge on any atom is 0.325 e. The van der Waals surface area contributed by atoms with Crippen LogP contribution < -0.4 is 16.2 Å². The molecule has 0 amide bonds. The lowest BCUT2D eigenvalue weighted by atomic mass is 10.0. The molecule has 0 aliphatic carbocycles. The van der Waals surface area contributed by atoms with Crippen LogP contribution in [0.25, 0.3) is 0 Å². The first-order valence-corrected chi connectivity index (χ1v) is 6.71. The van der Waals surface area contributed by atoms with Crippen molar-refractivity contribution in [3.05, 3.63) is 21.0 Å². The van der Waals surface area contributed by atoms with Crippen LogP contribution in [0.1, 0.15) is 13.3 Å². The van der Waals surface area contributed by atoms with Crippen molar-refractivity contribution in [2.24, 2.45) is 5.73 Å². The van der Waals surface area contributed by atoms with E-state index in [1.807, 2.05) is 6.92 Å². The third-order valence-electron chi connectivity index (χ3n) is 3.33. The topological polar surface area (TPSA) is 101 Å². The van der Waals surface area contributed by atoms with E-state index in [0.717, 1.165) is 0 Å². The minimum atomic E-state index is -1.26. The van der Waals surface area contributed by atoms with Crippen molar-refractivity contribution in [2.45, 2.75) is 25.4 Å². The molecule has 104 valence electrons. The minimum absolute atomic E-state index is 0.165. The lowest BCUT2D eigenvalue weighted by Crippen LogP contribution is -2.50. The molecule has 1 unspecified atom stereocenters. The zero-order valence-electron chi connectivity index (χ0n) is 10.5. The van der Waals surface area contributed by atoms with E-state index in [9.17, 15) is 9.59 Å². The number of carboxylic acids is 1. The molecular formula is C11H15BrN4O3. The molecule has 8 heteroatoms. The quantitative estimate of drug-likeness (QED) is 0.810. The Labute approximate surface area is 118 Å². The summed E-state index contributed by atoms with van der Waals surface area (Å²) in [7, 11) is 0. The Hall–Kier alpha value is -1.41. The molecule has 1 aliphatic rings. The third-order valence-corrected chi connectivity index (χ3v) is 4.08. The van der Waals surface area contributed by atoms with Crippen LogP contribution in [0.4, 0.5) is 5.69 Å². The number of nitrogens with zero attached hydrogens (tertiary/aromatic N) is 3. The minimum Gasteiger partial charge on any atom is -0.480 e. The van der Waals surface area contributed by atoms with E-state index in [4.69, 9.17) is 10.8 Å². The SMILES string of the molecule is CCn1ncc(N2CCC(N)(C(=O)O)C2)c(Br)c1=O. The molecule has 1 aromatic heterocycles. The molecule has 0 spiro atoms. The van der Waals surface area contributed by atoms with E-state index < -0.39 is 11.5 Å². The summed E-state index contributed by atoms with van der Waals surface area (Å²) in [6, 6.07) is 0. The highest BCUT2D eigenvalue weighted by Crippen LogP contribution is 2.28. The molecule has 0 saturated carbocycles. The Morgan fingerprint density at radius 2 is 2.37 bits per heavy atom. The van der Waals surface area contributed by atoms with Gasteiger partial charge < -0.3 is 15.7 Å². The summed E-state index contributed by atoms with van der Waals surface area (Å²) in [5.74, 6) is -1.03. The fourth-order valence-corrected chi connectivity index (χ4v) is 2.67. The maximum absolute atomic E-state index is 12.0. The van der Waals surface area contributed by atoms with Crippen molar-refractivity contribution in [1.29, 1.82) is 0 Å². The van der Waals surface area contributed by atoms with Gasteiger partial charge in [-0.3, -0.25) is 9.59 Å². The smallest absolute Gasteiger partial charge is 0.325 e. The molecule has 1 aromatic rings. The van der Waals surface area contributed by atoms with Gasteiger partial charge in [0.05, 0.1) is 11.9 Å². The fourth-order valence-electron chi connectivity index (χ4n) is 2.12. The maximum atomic E-state index is 12.0. The molecule has 19 heavy (non-hydrogen) atoms. The van der Waals surface area contributed by atoms with Gasteiger partial charge in [-0.2, -0.15) is 5.10 Å². The van der Waals surface area contributed by atoms with Gasteiger partial charge >= 0.3 is 5.97 Å². The number of aromatic nitrogens is 2. The molecule has 1 fully saturated rings. The Morgan fingerprint density at radius 3 is 2.89 bits per heavy atom. The van der Waals surface area contributed by atoms with Gasteiger partial charge in [0.15, 0.2) is 0 Å². The van der Waals surface area contributed by atoms with Gasteiger partial charge in [-0.25, -0.2) is 4.68 Å². The van der Waals surface area contributed by atoms with Gasteiger partial charge in [0, 0.05) is 19.6 Å². The molecule has 0 bridgehead atoms. The Bertz CT molecular complexity index is 574. The van der Waals surface area contributed by atoms with E-state index in [2.05, 4.69) is 21.0 Å². The predicted octanol–water partition coefficient (Wildman–Crippen LogP) is 0.0179. The molecule has 3 N–H and O–H groups in total. The summed E-state index contributed by atoms with van der Waals surface area (Å²) in [5, 5.41) is 13.1. The average molecular weight is 331 g/mol. The van der Waals surface area contributed by atoms with Crippen molar-refractivity contribution in [3.8, 4) is 0 Å². The molecule has 2 heterocycles. The van der Waals surface area contributed by atoms with Crippen molar-refractivity contribution in [3.63, 3.8) is 0 Å². The molecule has 0 radical (unpaired) electrons. The zero-order chi connectivity index (χ0) is 14.2. The number of carboxylic acid groups (broad SMARTS) is 1. The number of anilines is 1. The lowest BCUT2D eigenvalue weighted by molar-refractivity contribution is -0.142. The molecule has 1 aliphatic heterocycles. The number of hydrogen-bond acceptors (Lipinski definition) is 5. The van der Waals surface area contributed by atoms with Crippen molar-refractivity contribution >= 4 is 27.6 Å². The van der Waals surface area contributed by atoms with Crippen LogP contribution in [0.2, 0.25) is 0 Å². The average Bonchev–Trinajstić information content (AvgIpc) is 2.76. The predicted molar refractivity (Wildman–Crippen MR) is 73.3 cm³/mol. The third kappa shape index (κ3) is 2.37. The van der Waals surface area contributed by atoms with Crippen LogP contribution in [-0.4, -0.2) is 39.5 Å². The molecule has 0 aromatic carbocycles. The number of aliphatic carboxylic acids is 1. The Morgan fingerprint density at radius 1 is 1.68 bits per heavy atom. The Kier molecular flexibility index (Phi) is 3.64. The van der Waals surface area contributed by atoms with E-state index >= 15 is 0 Å². The van der Waals surface area contributed by atoms with Gasteiger partial charge in [0.2, 0.25) is 0 Å². The second-order valence-electron chi connectivity index (χ2n) is 4.60. The number of hydrogen-bond donors (Lipinski definition) is 2. The summed E-state index contributed by atoms with van der Waals surface area (Å²) in [4.78, 5) is 24.8. The van der Waals surface area contributed by atoms with Gasteiger partial charge in [0.25, 0.3) is 5.56 Å². The number of nitrogens with two attached hydrogens (primary N) is 1. The summed E-state index contributed by atoms with van der Waals surface area (Å²) in [5.41, 5.74) is 4.90. The first kappa shape index (κ1) is 14.0. The van der Waals surface area contributed by atoms with Gasteiger partial charge in [0.1, 0.15) is 10.0 Å². The van der Waals surface area contributed by atoms with Crippen LogP contribution in [-0.2, 0) is 11.3 Å². The van der Waals surface area contributed by atoms with Gasteiger partial charge in [-0.05, 0) is 29.3 Å². The second-order valence-corrected chi connectivity index (χ2v) is 5.39. The molecular weight excluding hydrogens is 316 g/mol. The summed E-state index contributed by atoms with van der Waals surface area (Å²) in [6.07, 6.45) is 1.90. The number of carbonyl (C=O) groups is 1. The van der Waals surface area contributed by atoms with Crippen LogP contribution in [0.5, 0.6) is 0 Å². The highest BCUT2D eigenvalue weighted by Gasteiger charge is 2.42. The Balaban J connectivity index is 2.33. The molecule has 1 saturated heterocycles. The molecule has 2 rings (SSSR count). The second kappa shape index (κ2) is 4.93. The standard InChI is InChI=1S/C11H15BrN4O3/c1-2-16-9(17)8(12)7(5-14-16)15-4-3-11(13,6-15)10(18)19/h5H,2-4,6,13H2,1H3,(H,18,19). The fraction of sp³-hybridized carbons (Fsp3) is 0.545. The molecule has 1 atom stereocenters. The van der Waals surface area contributed by atoms with Crippen molar-refractivity contribution in [1.82, 2.24) is 9.78 Å². The first-order valence-electron chi connectivity index (χ1n) is 5.92. The van der Waals surface area contributed by atoms with Crippen LogP contribution in [0.15, 0.2) is 15.5 Å². The highest BCUT2D eigenvalue weighted by molar-refractivity contribution is 9.10. The van der Waals surface area contributed by atoms with Gasteiger partial charge in [-0.1, -0.05) is 0 Å². The lowest BCUT2D eigenvalue weighted by Gasteiger charge is -2.22. The first-order chi connectivity index (χ1) is 8.89. The summed E-state index contributed by atoms with van der Waals surface area (Å²) >= 11 is 3.25. The van der Waals surface area contributed by atoms with E-state index in [1.165, 1.54) is 4.68 Å². The number of aryl methyl sites for hydroxylation is 1. The van der Waals surface area contributed by atoms with E-state index in [0.29, 0.717) is 29.7 Å². The van der Waals surface area contributed by atoms with Crippen molar-refractivity contribution in [2.75, 3.05) is 18.0 Å². The van der Waals surface area contributed by atoms with Gasteiger partial charge in [-0.15, -0.1) is 0 Å². The largest absolute Gasteiger partial charge is 0.480 e. The van der Waals surface area contributed by atoms with Crippen LogP contribution >= 0.6 is 15.9 Å². The monoisotopic (exact) mass is 330 g/mol. The van der Waals surface area contributed by atoms with Crippen LogP contribution in [0, 0.1) is 0 Å². The van der Waals surface area contributed by atoms with Crippen molar-refractivity contribution < 1.29 is 9.90 Å². The number of rotatable bonds is 3. The number of halogens is 1. The zero-order valence-corrected chi connectivity index (χ0v) is 12.1. The van der Waals surface area contributed by atoms with E-state index in [-0.39, 0.29) is 12.1 Å². The normalized spacial score (nSPS) is 22.8. The highest BCUT2D eigenvalue weighted by atomic mass is 79.9. The summed E-state index contributed by atoms with van der Waals surface area (Å²) in [6.45, 7) is 2.95.